The second-order valence-corrected chi connectivity index (χ2v) is 14.5. The summed E-state index contributed by atoms with van der Waals surface area (Å²) in [5.41, 5.74) is 5.82. The summed E-state index contributed by atoms with van der Waals surface area (Å²) in [5, 5.41) is 9.45. The molecule has 5 nitrogen and oxygen atoms in total. The lowest BCUT2D eigenvalue weighted by Gasteiger charge is -2.28. The van der Waals surface area contributed by atoms with Crippen molar-refractivity contribution in [2.75, 3.05) is 0 Å². The molecule has 260 valence electrons. The number of aryl methyl sites for hydroxylation is 1. The number of alkyl halides is 2. The van der Waals surface area contributed by atoms with Crippen LogP contribution < -0.4 is 5.56 Å². The number of nitrogens with one attached hydrogen (secondary N) is 1. The van der Waals surface area contributed by atoms with Crippen molar-refractivity contribution >= 4 is 16.7 Å². The highest BCUT2D eigenvalue weighted by molar-refractivity contribution is 6.02. The van der Waals surface area contributed by atoms with Crippen LogP contribution in [0.15, 0.2) is 41.2 Å². The van der Waals surface area contributed by atoms with E-state index < -0.39 is 23.5 Å². The topological polar surface area (TPSA) is 71.6 Å². The average molecular weight is 675 g/mol. The molecule has 0 saturated heterocycles. The second kappa shape index (κ2) is 13.8. The van der Waals surface area contributed by atoms with Crippen LogP contribution in [0, 0.1) is 29.9 Å². The number of pyridine rings is 1. The molecule has 0 radical (unpaired) electrons. The van der Waals surface area contributed by atoms with Crippen molar-refractivity contribution in [1.82, 2.24) is 14.5 Å². The predicted molar refractivity (Wildman–Crippen MR) is 187 cm³/mol. The molecule has 1 N–H and O–H groups in total. The standard InChI is InChI=1S/C40H46F4N4O/c1-6-8-28(17-24-18-29(41)20-30(42)19-24)38-47-37-35(31(26-9-10-26)21-32(46-37)27-13-15-40(43,44)16-14-27)39(49)48(38)33-12-11-25(7-2)34(23(33)5)36(45)22(3)4/h11-12,18-22,26-28,45H,6-10,13-17H2,1-5H3. The Morgan fingerprint density at radius 2 is 1.65 bits per heavy atom. The van der Waals surface area contributed by atoms with Crippen LogP contribution in [0.1, 0.15) is 136 Å². The molecule has 9 heteroatoms. The van der Waals surface area contributed by atoms with Crippen LogP contribution in [-0.4, -0.2) is 26.2 Å². The summed E-state index contributed by atoms with van der Waals surface area (Å²) in [7, 11) is 0. The first-order chi connectivity index (χ1) is 23.3. The van der Waals surface area contributed by atoms with E-state index in [0.29, 0.717) is 58.8 Å². The van der Waals surface area contributed by atoms with Crippen LogP contribution in [0.4, 0.5) is 17.6 Å². The van der Waals surface area contributed by atoms with Crippen molar-refractivity contribution in [2.45, 2.75) is 123 Å². The third-order valence-corrected chi connectivity index (χ3v) is 10.5. The van der Waals surface area contributed by atoms with E-state index in [1.165, 1.54) is 12.1 Å². The Morgan fingerprint density at radius 3 is 2.24 bits per heavy atom. The molecular formula is C40H46F4N4O. The summed E-state index contributed by atoms with van der Waals surface area (Å²) >= 11 is 0. The normalized spacial score (nSPS) is 17.2. The Kier molecular flexibility index (Phi) is 9.84. The number of nitrogens with zero attached hydrogens (tertiary/aromatic N) is 3. The Morgan fingerprint density at radius 1 is 0.980 bits per heavy atom. The molecule has 6 rings (SSSR count). The highest BCUT2D eigenvalue weighted by Gasteiger charge is 2.37. The van der Waals surface area contributed by atoms with Gasteiger partial charge in [0.25, 0.3) is 5.56 Å². The molecule has 0 amide bonds. The maximum Gasteiger partial charge on any atom is 0.267 e. The van der Waals surface area contributed by atoms with Crippen molar-refractivity contribution in [1.29, 1.82) is 5.41 Å². The minimum absolute atomic E-state index is 0.0373. The van der Waals surface area contributed by atoms with Gasteiger partial charge in [0.1, 0.15) is 17.5 Å². The molecule has 2 aliphatic carbocycles. The lowest BCUT2D eigenvalue weighted by Crippen LogP contribution is -2.29. The smallest absolute Gasteiger partial charge is 0.267 e. The van der Waals surface area contributed by atoms with Crippen LogP contribution >= 0.6 is 0 Å². The van der Waals surface area contributed by atoms with Gasteiger partial charge in [0.05, 0.1) is 11.1 Å². The summed E-state index contributed by atoms with van der Waals surface area (Å²) < 4.78 is 58.7. The molecule has 49 heavy (non-hydrogen) atoms. The third-order valence-electron chi connectivity index (χ3n) is 10.5. The van der Waals surface area contributed by atoms with Crippen LogP contribution in [0.25, 0.3) is 16.7 Å². The lowest BCUT2D eigenvalue weighted by atomic mass is 9.84. The molecule has 2 aliphatic rings. The van der Waals surface area contributed by atoms with Gasteiger partial charge in [-0.15, -0.1) is 0 Å². The van der Waals surface area contributed by atoms with Gasteiger partial charge in [-0.25, -0.2) is 27.5 Å². The molecule has 1 unspecified atom stereocenters. The molecule has 4 aromatic rings. The molecule has 2 fully saturated rings. The van der Waals surface area contributed by atoms with E-state index >= 15 is 4.79 Å². The fourth-order valence-corrected chi connectivity index (χ4v) is 7.65. The zero-order valence-corrected chi connectivity index (χ0v) is 29.1. The quantitative estimate of drug-likeness (QED) is 0.127. The predicted octanol–water partition coefficient (Wildman–Crippen LogP) is 10.3. The number of hydrogen-bond donors (Lipinski definition) is 1. The van der Waals surface area contributed by atoms with Crippen molar-refractivity contribution < 1.29 is 17.6 Å². The molecule has 2 aromatic carbocycles. The minimum atomic E-state index is -2.68. The summed E-state index contributed by atoms with van der Waals surface area (Å²) in [6.45, 7) is 9.98. The van der Waals surface area contributed by atoms with Crippen LogP contribution in [0.2, 0.25) is 0 Å². The van der Waals surface area contributed by atoms with Gasteiger partial charge < -0.3 is 5.41 Å². The van der Waals surface area contributed by atoms with Gasteiger partial charge in [-0.1, -0.05) is 40.2 Å². The molecular weight excluding hydrogens is 628 g/mol. The zero-order valence-electron chi connectivity index (χ0n) is 29.1. The van der Waals surface area contributed by atoms with Crippen molar-refractivity contribution in [2.24, 2.45) is 5.92 Å². The van der Waals surface area contributed by atoms with E-state index in [2.05, 4.69) is 6.92 Å². The molecule has 0 spiro atoms. The van der Waals surface area contributed by atoms with Gasteiger partial charge in [-0.05, 0) is 110 Å². The molecule has 0 bridgehead atoms. The molecule has 2 saturated carbocycles. The van der Waals surface area contributed by atoms with E-state index in [9.17, 15) is 17.6 Å². The second-order valence-electron chi connectivity index (χ2n) is 14.5. The Bertz CT molecular complexity index is 1930. The fraction of sp³-hybridized carbons (Fsp3) is 0.500. The maximum atomic E-state index is 15.1. The van der Waals surface area contributed by atoms with E-state index in [4.69, 9.17) is 15.4 Å². The lowest BCUT2D eigenvalue weighted by molar-refractivity contribution is -0.0384. The number of benzene rings is 2. The van der Waals surface area contributed by atoms with Crippen LogP contribution in [-0.2, 0) is 12.8 Å². The minimum Gasteiger partial charge on any atom is -0.304 e. The summed E-state index contributed by atoms with van der Waals surface area (Å²) in [4.78, 5) is 25.2. The summed E-state index contributed by atoms with van der Waals surface area (Å²) in [5.74, 6) is -3.99. The van der Waals surface area contributed by atoms with Crippen molar-refractivity contribution in [3.63, 3.8) is 0 Å². The van der Waals surface area contributed by atoms with E-state index in [1.807, 2.05) is 45.9 Å². The monoisotopic (exact) mass is 674 g/mol. The van der Waals surface area contributed by atoms with Gasteiger partial charge in [-0.2, -0.15) is 0 Å². The third kappa shape index (κ3) is 7.08. The van der Waals surface area contributed by atoms with E-state index in [0.717, 1.165) is 54.0 Å². The highest BCUT2D eigenvalue weighted by Crippen LogP contribution is 2.46. The fourth-order valence-electron chi connectivity index (χ4n) is 7.65. The first kappa shape index (κ1) is 35.0. The number of rotatable bonds is 11. The van der Waals surface area contributed by atoms with Crippen molar-refractivity contribution in [3.05, 3.63) is 97.7 Å². The molecule has 1 atom stereocenters. The number of aromatic nitrogens is 3. The maximum absolute atomic E-state index is 15.1. The molecule has 2 heterocycles. The zero-order chi connectivity index (χ0) is 35.2. The highest BCUT2D eigenvalue weighted by atomic mass is 19.3. The SMILES string of the molecule is CCCC(Cc1cc(F)cc(F)c1)c1nc2nc(C3CCC(F)(F)CC3)cc(C3CC3)c2c(=O)n1-c1ccc(CC)c(C(=N)C(C)C)c1C. The van der Waals surface area contributed by atoms with Crippen molar-refractivity contribution in [3.8, 4) is 5.69 Å². The summed E-state index contributed by atoms with van der Waals surface area (Å²) in [6, 6.07) is 9.35. The Labute approximate surface area is 285 Å². The first-order valence-corrected chi connectivity index (χ1v) is 17.8. The van der Waals surface area contributed by atoms with Crippen LogP contribution in [0.5, 0.6) is 0 Å². The Hall–Kier alpha value is -3.88. The van der Waals surface area contributed by atoms with Crippen LogP contribution in [0.3, 0.4) is 0 Å². The van der Waals surface area contributed by atoms with Gasteiger partial charge >= 0.3 is 0 Å². The molecule has 0 aliphatic heterocycles. The van der Waals surface area contributed by atoms with Gasteiger partial charge in [-0.3, -0.25) is 9.36 Å². The first-order valence-electron chi connectivity index (χ1n) is 17.8. The van der Waals surface area contributed by atoms with Gasteiger partial charge in [0, 0.05) is 47.7 Å². The van der Waals surface area contributed by atoms with E-state index in [1.54, 1.807) is 4.57 Å². The summed E-state index contributed by atoms with van der Waals surface area (Å²) in [6.07, 6.45) is 4.37. The average Bonchev–Trinajstić information content (AvgIpc) is 3.89. The Balaban J connectivity index is 1.63. The largest absolute Gasteiger partial charge is 0.304 e. The number of hydrogen-bond acceptors (Lipinski definition) is 4. The van der Waals surface area contributed by atoms with E-state index in [-0.39, 0.29) is 42.6 Å². The molecule has 2 aromatic heterocycles. The van der Waals surface area contributed by atoms with Gasteiger partial charge in [0.2, 0.25) is 5.92 Å². The van der Waals surface area contributed by atoms with Gasteiger partial charge in [0.15, 0.2) is 5.65 Å². The number of halogens is 4. The number of fused-ring (bicyclic) bond motifs is 1.